The van der Waals surface area contributed by atoms with Crippen molar-refractivity contribution in [3.8, 4) is 22.8 Å². The molecular formula is C20H21ClN4O3. The molecule has 0 saturated carbocycles. The second-order valence-electron chi connectivity index (χ2n) is 5.93. The fourth-order valence-electron chi connectivity index (χ4n) is 2.77. The Morgan fingerprint density at radius 1 is 1.11 bits per heavy atom. The Balaban J connectivity index is 1.90. The van der Waals surface area contributed by atoms with Crippen LogP contribution in [0.5, 0.6) is 11.5 Å². The molecule has 0 fully saturated rings. The SMILES string of the molecule is CCc1[nH]nc(-c2ccc(OC)cc2OC)c1NC(=O)Nc1ccc(Cl)cc1. The summed E-state index contributed by atoms with van der Waals surface area (Å²) in [5.41, 5.74) is 3.35. The molecule has 2 amide bonds. The van der Waals surface area contributed by atoms with Crippen molar-refractivity contribution in [3.05, 3.63) is 53.2 Å². The van der Waals surface area contributed by atoms with Crippen LogP contribution in [0.15, 0.2) is 42.5 Å². The number of aromatic nitrogens is 2. The van der Waals surface area contributed by atoms with Crippen LogP contribution in [0.4, 0.5) is 16.2 Å². The first-order chi connectivity index (χ1) is 13.5. The van der Waals surface area contributed by atoms with E-state index in [2.05, 4.69) is 20.8 Å². The summed E-state index contributed by atoms with van der Waals surface area (Å²) in [5.74, 6) is 1.26. The molecular weight excluding hydrogens is 380 g/mol. The number of nitrogens with one attached hydrogen (secondary N) is 3. The van der Waals surface area contributed by atoms with E-state index in [9.17, 15) is 4.79 Å². The van der Waals surface area contributed by atoms with Gasteiger partial charge in [-0.05, 0) is 42.8 Å². The van der Waals surface area contributed by atoms with Crippen molar-refractivity contribution in [1.29, 1.82) is 0 Å². The number of urea groups is 1. The largest absolute Gasteiger partial charge is 0.497 e. The molecule has 0 atom stereocenters. The lowest BCUT2D eigenvalue weighted by molar-refractivity contribution is 0.262. The summed E-state index contributed by atoms with van der Waals surface area (Å²) >= 11 is 5.88. The monoisotopic (exact) mass is 400 g/mol. The van der Waals surface area contributed by atoms with Crippen LogP contribution in [0.3, 0.4) is 0 Å². The zero-order valence-corrected chi connectivity index (χ0v) is 16.6. The Bertz CT molecular complexity index is 970. The highest BCUT2D eigenvalue weighted by Gasteiger charge is 2.20. The van der Waals surface area contributed by atoms with E-state index in [1.54, 1.807) is 44.6 Å². The smallest absolute Gasteiger partial charge is 0.323 e. The second-order valence-corrected chi connectivity index (χ2v) is 6.37. The molecule has 2 aromatic carbocycles. The standard InChI is InChI=1S/C20H21ClN4O3/c1-4-16-19(23-20(26)22-13-7-5-12(21)6-8-13)18(25-24-16)15-10-9-14(27-2)11-17(15)28-3/h5-11H,4H2,1-3H3,(H,24,25)(H2,22,23,26). The van der Waals surface area contributed by atoms with Crippen molar-refractivity contribution >= 4 is 29.0 Å². The van der Waals surface area contributed by atoms with Crippen molar-refractivity contribution in [3.63, 3.8) is 0 Å². The zero-order chi connectivity index (χ0) is 20.1. The maximum atomic E-state index is 12.5. The van der Waals surface area contributed by atoms with Gasteiger partial charge in [0.2, 0.25) is 0 Å². The third-order valence-corrected chi connectivity index (χ3v) is 4.45. The first kappa shape index (κ1) is 19.6. The fourth-order valence-corrected chi connectivity index (χ4v) is 2.89. The summed E-state index contributed by atoms with van der Waals surface area (Å²) < 4.78 is 10.7. The maximum absolute atomic E-state index is 12.5. The molecule has 0 radical (unpaired) electrons. The van der Waals surface area contributed by atoms with Gasteiger partial charge in [0.05, 0.1) is 25.6 Å². The predicted octanol–water partition coefficient (Wildman–Crippen LogP) is 4.95. The van der Waals surface area contributed by atoms with Crippen LogP contribution in [-0.4, -0.2) is 30.4 Å². The molecule has 0 aliphatic carbocycles. The highest BCUT2D eigenvalue weighted by Crippen LogP contribution is 2.37. The summed E-state index contributed by atoms with van der Waals surface area (Å²) in [6.07, 6.45) is 0.669. The third-order valence-electron chi connectivity index (χ3n) is 4.20. The van der Waals surface area contributed by atoms with E-state index >= 15 is 0 Å². The normalized spacial score (nSPS) is 10.4. The van der Waals surface area contributed by atoms with E-state index in [1.807, 2.05) is 19.1 Å². The van der Waals surface area contributed by atoms with E-state index in [1.165, 1.54) is 0 Å². The Kier molecular flexibility index (Phi) is 6.06. The molecule has 28 heavy (non-hydrogen) atoms. The van der Waals surface area contributed by atoms with Crippen molar-refractivity contribution in [1.82, 2.24) is 10.2 Å². The van der Waals surface area contributed by atoms with Crippen molar-refractivity contribution in [2.45, 2.75) is 13.3 Å². The van der Waals surface area contributed by atoms with Gasteiger partial charge >= 0.3 is 6.03 Å². The van der Waals surface area contributed by atoms with Crippen molar-refractivity contribution < 1.29 is 14.3 Å². The van der Waals surface area contributed by atoms with Crippen molar-refractivity contribution in [2.75, 3.05) is 24.9 Å². The van der Waals surface area contributed by atoms with Gasteiger partial charge in [0.25, 0.3) is 0 Å². The molecule has 1 heterocycles. The van der Waals surface area contributed by atoms with Crippen LogP contribution in [0.1, 0.15) is 12.6 Å². The molecule has 0 aliphatic heterocycles. The first-order valence-corrected chi connectivity index (χ1v) is 9.06. The summed E-state index contributed by atoms with van der Waals surface area (Å²) in [5, 5.41) is 13.6. The zero-order valence-electron chi connectivity index (χ0n) is 15.8. The summed E-state index contributed by atoms with van der Waals surface area (Å²) in [6, 6.07) is 11.9. The lowest BCUT2D eigenvalue weighted by atomic mass is 10.1. The summed E-state index contributed by atoms with van der Waals surface area (Å²) in [6.45, 7) is 1.98. The highest BCUT2D eigenvalue weighted by molar-refractivity contribution is 6.30. The van der Waals surface area contributed by atoms with E-state index in [0.717, 1.165) is 11.3 Å². The minimum absolute atomic E-state index is 0.382. The van der Waals surface area contributed by atoms with Crippen LogP contribution in [0.2, 0.25) is 5.02 Å². The highest BCUT2D eigenvalue weighted by atomic mass is 35.5. The van der Waals surface area contributed by atoms with E-state index in [0.29, 0.717) is 40.0 Å². The molecule has 0 bridgehead atoms. The van der Waals surface area contributed by atoms with Crippen LogP contribution in [-0.2, 0) is 6.42 Å². The van der Waals surface area contributed by atoms with Gasteiger partial charge in [-0.25, -0.2) is 4.79 Å². The molecule has 146 valence electrons. The van der Waals surface area contributed by atoms with Crippen LogP contribution >= 0.6 is 11.6 Å². The minimum atomic E-state index is -0.382. The Morgan fingerprint density at radius 2 is 1.86 bits per heavy atom. The second kappa shape index (κ2) is 8.67. The number of benzene rings is 2. The van der Waals surface area contributed by atoms with E-state index in [4.69, 9.17) is 21.1 Å². The van der Waals surface area contributed by atoms with Gasteiger partial charge < -0.3 is 20.1 Å². The van der Waals surface area contributed by atoms with Gasteiger partial charge in [-0.2, -0.15) is 5.10 Å². The quantitative estimate of drug-likeness (QED) is 0.546. The number of rotatable bonds is 6. The Labute approximate surface area is 168 Å². The summed E-state index contributed by atoms with van der Waals surface area (Å²) in [7, 11) is 3.16. The average Bonchev–Trinajstić information content (AvgIpc) is 3.11. The van der Waals surface area contributed by atoms with Crippen LogP contribution < -0.4 is 20.1 Å². The van der Waals surface area contributed by atoms with E-state index in [-0.39, 0.29) is 6.03 Å². The minimum Gasteiger partial charge on any atom is -0.497 e. The molecule has 0 unspecified atom stereocenters. The number of carbonyl (C=O) groups is 1. The number of amides is 2. The van der Waals surface area contributed by atoms with Crippen molar-refractivity contribution in [2.24, 2.45) is 0 Å². The molecule has 1 aromatic heterocycles. The number of ether oxygens (including phenoxy) is 2. The lowest BCUT2D eigenvalue weighted by Crippen LogP contribution is -2.20. The molecule has 3 N–H and O–H groups in total. The fraction of sp³-hybridized carbons (Fsp3) is 0.200. The number of anilines is 2. The number of hydrogen-bond acceptors (Lipinski definition) is 4. The van der Waals surface area contributed by atoms with Gasteiger partial charge in [0.1, 0.15) is 17.2 Å². The predicted molar refractivity (Wildman–Crippen MR) is 111 cm³/mol. The summed E-state index contributed by atoms with van der Waals surface area (Å²) in [4.78, 5) is 12.5. The number of halogens is 1. The molecule has 0 aliphatic rings. The lowest BCUT2D eigenvalue weighted by Gasteiger charge is -2.12. The van der Waals surface area contributed by atoms with Gasteiger partial charge in [0.15, 0.2) is 0 Å². The van der Waals surface area contributed by atoms with Gasteiger partial charge in [-0.15, -0.1) is 0 Å². The number of hydrogen-bond donors (Lipinski definition) is 3. The Morgan fingerprint density at radius 3 is 2.50 bits per heavy atom. The number of nitrogens with zero attached hydrogens (tertiary/aromatic N) is 1. The molecule has 0 spiro atoms. The van der Waals surface area contributed by atoms with Crippen LogP contribution in [0.25, 0.3) is 11.3 Å². The molecule has 8 heteroatoms. The third kappa shape index (κ3) is 4.20. The van der Waals surface area contributed by atoms with Gasteiger partial charge in [-0.3, -0.25) is 5.10 Å². The number of carbonyl (C=O) groups excluding carboxylic acids is 1. The number of H-pyrrole nitrogens is 1. The number of aromatic amines is 1. The topological polar surface area (TPSA) is 88.3 Å². The Hall–Kier alpha value is -3.19. The van der Waals surface area contributed by atoms with Crippen LogP contribution in [0, 0.1) is 0 Å². The molecule has 3 rings (SSSR count). The first-order valence-electron chi connectivity index (χ1n) is 8.69. The van der Waals surface area contributed by atoms with Gasteiger partial charge in [0, 0.05) is 22.3 Å². The molecule has 7 nitrogen and oxygen atoms in total. The van der Waals surface area contributed by atoms with Gasteiger partial charge in [-0.1, -0.05) is 18.5 Å². The number of methoxy groups -OCH3 is 2. The maximum Gasteiger partial charge on any atom is 0.323 e. The number of aryl methyl sites for hydroxylation is 1. The van der Waals surface area contributed by atoms with E-state index < -0.39 is 0 Å². The molecule has 0 saturated heterocycles. The average molecular weight is 401 g/mol. The molecule has 3 aromatic rings.